The number of carbonyl (C=O) groups is 1. The van der Waals surface area contributed by atoms with Crippen molar-refractivity contribution < 1.29 is 13.6 Å². The highest BCUT2D eigenvalue weighted by molar-refractivity contribution is 6.03. The molecule has 5 nitrogen and oxygen atoms in total. The van der Waals surface area contributed by atoms with Crippen molar-refractivity contribution in [3.05, 3.63) is 41.2 Å². The molecule has 0 aliphatic heterocycles. The number of halogens is 2. The Hall–Kier alpha value is -2.44. The average Bonchev–Trinajstić information content (AvgIpc) is 2.77. The van der Waals surface area contributed by atoms with Crippen molar-refractivity contribution >= 4 is 17.3 Å². The van der Waals surface area contributed by atoms with Gasteiger partial charge in [0.05, 0.1) is 17.1 Å². The van der Waals surface area contributed by atoms with Crippen LogP contribution in [0.5, 0.6) is 0 Å². The fourth-order valence-electron chi connectivity index (χ4n) is 1.82. The normalized spacial score (nSPS) is 10.6. The molecule has 0 fully saturated rings. The van der Waals surface area contributed by atoms with Crippen molar-refractivity contribution in [1.29, 1.82) is 0 Å². The summed E-state index contributed by atoms with van der Waals surface area (Å²) in [5.41, 5.74) is 5.92. The van der Waals surface area contributed by atoms with Crippen LogP contribution in [0, 0.1) is 18.6 Å². The Bertz CT molecular complexity index is 667. The minimum atomic E-state index is -0.885. The van der Waals surface area contributed by atoms with E-state index in [0.717, 1.165) is 6.07 Å². The number of nitrogens with one attached hydrogen (secondary N) is 1. The maximum Gasteiger partial charge on any atom is 0.274 e. The molecule has 0 spiro atoms. The molecular weight excluding hydrogens is 266 g/mol. The number of aromatic nitrogens is 2. The van der Waals surface area contributed by atoms with E-state index >= 15 is 0 Å². The Kier molecular flexibility index (Phi) is 3.69. The van der Waals surface area contributed by atoms with Gasteiger partial charge in [-0.05, 0) is 26.0 Å². The molecule has 0 saturated heterocycles. The van der Waals surface area contributed by atoms with E-state index in [1.165, 1.54) is 4.68 Å². The van der Waals surface area contributed by atoms with Gasteiger partial charge in [-0.15, -0.1) is 0 Å². The van der Waals surface area contributed by atoms with E-state index in [1.807, 2.05) is 6.92 Å². The predicted molar refractivity (Wildman–Crippen MR) is 71.4 cm³/mol. The van der Waals surface area contributed by atoms with Crippen LogP contribution in [0.3, 0.4) is 0 Å². The smallest absolute Gasteiger partial charge is 0.274 e. The van der Waals surface area contributed by atoms with Gasteiger partial charge in [0.25, 0.3) is 5.91 Å². The zero-order valence-electron chi connectivity index (χ0n) is 11.1. The van der Waals surface area contributed by atoms with Gasteiger partial charge < -0.3 is 11.1 Å². The maximum absolute atomic E-state index is 13.6. The number of nitrogens with two attached hydrogens (primary N) is 1. The van der Waals surface area contributed by atoms with E-state index in [-0.39, 0.29) is 11.4 Å². The van der Waals surface area contributed by atoms with E-state index in [1.54, 1.807) is 13.0 Å². The summed E-state index contributed by atoms with van der Waals surface area (Å²) >= 11 is 0. The Morgan fingerprint density at radius 3 is 2.70 bits per heavy atom. The highest BCUT2D eigenvalue weighted by Gasteiger charge is 2.16. The second-order valence-electron chi connectivity index (χ2n) is 4.29. The summed E-state index contributed by atoms with van der Waals surface area (Å²) in [6.45, 7) is 4.09. The topological polar surface area (TPSA) is 72.9 Å². The summed E-state index contributed by atoms with van der Waals surface area (Å²) < 4.78 is 28.1. The molecule has 2 rings (SSSR count). The Morgan fingerprint density at radius 2 is 2.05 bits per heavy atom. The Labute approximate surface area is 114 Å². The van der Waals surface area contributed by atoms with Gasteiger partial charge in [-0.3, -0.25) is 9.48 Å². The molecule has 0 aliphatic rings. The molecule has 0 radical (unpaired) electrons. The van der Waals surface area contributed by atoms with E-state index in [9.17, 15) is 13.6 Å². The summed E-state index contributed by atoms with van der Waals surface area (Å²) in [7, 11) is 0. The van der Waals surface area contributed by atoms with Crippen molar-refractivity contribution in [2.45, 2.75) is 20.4 Å². The zero-order chi connectivity index (χ0) is 14.9. The van der Waals surface area contributed by atoms with Crippen LogP contribution >= 0.6 is 0 Å². The number of amides is 1. The molecule has 1 heterocycles. The number of anilines is 2. The lowest BCUT2D eigenvalue weighted by molar-refractivity contribution is 0.101. The van der Waals surface area contributed by atoms with Crippen LogP contribution in [-0.2, 0) is 6.54 Å². The lowest BCUT2D eigenvalue weighted by Crippen LogP contribution is -2.18. The molecule has 2 aromatic rings. The van der Waals surface area contributed by atoms with Crippen LogP contribution in [0.25, 0.3) is 0 Å². The molecule has 1 aromatic carbocycles. The van der Waals surface area contributed by atoms with Crippen molar-refractivity contribution in [1.82, 2.24) is 9.78 Å². The van der Waals surface area contributed by atoms with Crippen LogP contribution in [-0.4, -0.2) is 15.7 Å². The number of nitrogen functional groups attached to an aromatic ring is 1. The molecule has 0 saturated carbocycles. The van der Waals surface area contributed by atoms with Crippen molar-refractivity contribution in [2.75, 3.05) is 11.1 Å². The Morgan fingerprint density at radius 1 is 1.35 bits per heavy atom. The molecule has 1 amide bonds. The molecule has 0 atom stereocenters. The largest absolute Gasteiger partial charge is 0.396 e. The maximum atomic E-state index is 13.6. The van der Waals surface area contributed by atoms with Gasteiger partial charge in [0.1, 0.15) is 17.3 Å². The molecule has 20 heavy (non-hydrogen) atoms. The first-order valence-electron chi connectivity index (χ1n) is 6.02. The van der Waals surface area contributed by atoms with Gasteiger partial charge in [0.2, 0.25) is 0 Å². The van der Waals surface area contributed by atoms with Crippen LogP contribution < -0.4 is 11.1 Å². The lowest BCUT2D eigenvalue weighted by atomic mass is 10.2. The van der Waals surface area contributed by atoms with Gasteiger partial charge >= 0.3 is 0 Å². The first-order chi connectivity index (χ1) is 9.42. The van der Waals surface area contributed by atoms with Crippen LogP contribution in [0.2, 0.25) is 0 Å². The number of nitrogens with zero attached hydrogens (tertiary/aromatic N) is 2. The van der Waals surface area contributed by atoms with E-state index < -0.39 is 17.5 Å². The summed E-state index contributed by atoms with van der Waals surface area (Å²) in [5.74, 6) is -2.28. The van der Waals surface area contributed by atoms with E-state index in [2.05, 4.69) is 10.4 Å². The quantitative estimate of drug-likeness (QED) is 0.847. The molecule has 1 aromatic heterocycles. The van der Waals surface area contributed by atoms with E-state index in [4.69, 9.17) is 5.73 Å². The summed E-state index contributed by atoms with van der Waals surface area (Å²) in [5, 5.41) is 6.48. The minimum absolute atomic E-state index is 0.171. The molecule has 0 aliphatic carbocycles. The fraction of sp³-hybridized carbons (Fsp3) is 0.231. The number of rotatable bonds is 3. The van der Waals surface area contributed by atoms with Crippen molar-refractivity contribution in [3.8, 4) is 0 Å². The molecule has 7 heteroatoms. The predicted octanol–water partition coefficient (Wildman–Crippen LogP) is 2.32. The highest BCUT2D eigenvalue weighted by Crippen LogP contribution is 2.21. The third kappa shape index (κ3) is 2.61. The van der Waals surface area contributed by atoms with Gasteiger partial charge in [-0.25, -0.2) is 8.78 Å². The van der Waals surface area contributed by atoms with Crippen molar-refractivity contribution in [2.24, 2.45) is 0 Å². The standard InChI is InChI=1S/C13H14F2N4O/c1-3-19-12(4-7(2)18-19)13(20)17-11-6-10(16)8(14)5-9(11)15/h4-6H,3,16H2,1-2H3,(H,17,20). The highest BCUT2D eigenvalue weighted by atomic mass is 19.1. The van der Waals surface area contributed by atoms with Gasteiger partial charge in [-0.1, -0.05) is 0 Å². The molecular formula is C13H14F2N4O. The number of aryl methyl sites for hydroxylation is 2. The summed E-state index contributed by atoms with van der Waals surface area (Å²) in [4.78, 5) is 12.1. The molecule has 3 N–H and O–H groups in total. The minimum Gasteiger partial charge on any atom is -0.396 e. The summed E-state index contributed by atoms with van der Waals surface area (Å²) in [6, 6.07) is 3.26. The zero-order valence-corrected chi connectivity index (χ0v) is 11.1. The number of hydrogen-bond donors (Lipinski definition) is 2. The van der Waals surface area contributed by atoms with Gasteiger partial charge in [-0.2, -0.15) is 5.10 Å². The molecule has 0 unspecified atom stereocenters. The van der Waals surface area contributed by atoms with Gasteiger partial charge in [0, 0.05) is 12.6 Å². The van der Waals surface area contributed by atoms with Crippen LogP contribution in [0.1, 0.15) is 23.1 Å². The number of carbonyl (C=O) groups excluding carboxylic acids is 1. The number of hydrogen-bond acceptors (Lipinski definition) is 3. The van der Waals surface area contributed by atoms with Crippen LogP contribution in [0.4, 0.5) is 20.2 Å². The lowest BCUT2D eigenvalue weighted by Gasteiger charge is -2.08. The third-order valence-corrected chi connectivity index (χ3v) is 2.77. The summed E-state index contributed by atoms with van der Waals surface area (Å²) in [6.07, 6.45) is 0. The fourth-order valence-corrected chi connectivity index (χ4v) is 1.82. The van der Waals surface area contributed by atoms with Crippen LogP contribution in [0.15, 0.2) is 18.2 Å². The van der Waals surface area contributed by atoms with Crippen molar-refractivity contribution in [3.63, 3.8) is 0 Å². The first-order valence-corrected chi connectivity index (χ1v) is 6.02. The molecule has 106 valence electrons. The first kappa shape index (κ1) is 14.0. The number of benzene rings is 1. The SMILES string of the molecule is CCn1nc(C)cc1C(=O)Nc1cc(N)c(F)cc1F. The monoisotopic (exact) mass is 280 g/mol. The Balaban J connectivity index is 2.30. The van der Waals surface area contributed by atoms with Gasteiger partial charge in [0.15, 0.2) is 0 Å². The second-order valence-corrected chi connectivity index (χ2v) is 4.29. The molecule has 0 bridgehead atoms. The second kappa shape index (κ2) is 5.28. The average molecular weight is 280 g/mol. The third-order valence-electron chi connectivity index (χ3n) is 2.77. The van der Waals surface area contributed by atoms with E-state index in [0.29, 0.717) is 24.0 Å².